The zero-order valence-corrected chi connectivity index (χ0v) is 8.00. The van der Waals surface area contributed by atoms with Crippen molar-refractivity contribution < 1.29 is 19.4 Å². The normalized spacial score (nSPS) is 14.8. The maximum Gasteiger partial charge on any atom is 0.310 e. The molecule has 13 heavy (non-hydrogen) atoms. The van der Waals surface area contributed by atoms with E-state index in [4.69, 9.17) is 17.3 Å². The van der Waals surface area contributed by atoms with Gasteiger partial charge in [0.2, 0.25) is 0 Å². The fourth-order valence-electron chi connectivity index (χ4n) is 0.646. The summed E-state index contributed by atoms with van der Waals surface area (Å²) < 4.78 is 4.50. The van der Waals surface area contributed by atoms with E-state index < -0.39 is 29.8 Å². The summed E-state index contributed by atoms with van der Waals surface area (Å²) in [7, 11) is 0. The number of carbonyl (C=O) groups is 2. The molecular weight excluding hydrogens is 198 g/mol. The Balaban J connectivity index is 4.16. The van der Waals surface area contributed by atoms with Crippen LogP contribution in [-0.4, -0.2) is 35.1 Å². The van der Waals surface area contributed by atoms with E-state index in [9.17, 15) is 14.7 Å². The Morgan fingerprint density at radius 1 is 1.62 bits per heavy atom. The number of rotatable bonds is 5. The van der Waals surface area contributed by atoms with Gasteiger partial charge in [0.15, 0.2) is 11.5 Å². The number of halogens is 1. The van der Waals surface area contributed by atoms with Crippen molar-refractivity contribution in [1.82, 2.24) is 0 Å². The Labute approximate surface area is 80.8 Å². The lowest BCUT2D eigenvalue weighted by Crippen LogP contribution is -2.50. The van der Waals surface area contributed by atoms with Crippen molar-refractivity contribution in [3.8, 4) is 0 Å². The summed E-state index contributed by atoms with van der Waals surface area (Å²) in [6.45, 7) is 1.78. The fraction of sp³-hybridized carbons (Fsp3) is 0.714. The molecule has 3 N–H and O–H groups in total. The molecule has 0 aromatic rings. The molecule has 0 aliphatic rings. The van der Waals surface area contributed by atoms with Gasteiger partial charge in [-0.25, -0.2) is 0 Å². The summed E-state index contributed by atoms with van der Waals surface area (Å²) in [6, 6.07) is 0. The second-order valence-corrected chi connectivity index (χ2v) is 2.73. The molecule has 0 aliphatic heterocycles. The molecule has 0 spiro atoms. The van der Waals surface area contributed by atoms with Gasteiger partial charge in [0.05, 0.1) is 18.9 Å². The number of esters is 1. The minimum Gasteiger partial charge on any atom is -0.466 e. The molecule has 0 amide bonds. The van der Waals surface area contributed by atoms with Crippen molar-refractivity contribution in [2.45, 2.75) is 19.1 Å². The van der Waals surface area contributed by atoms with Crippen LogP contribution in [0.25, 0.3) is 0 Å². The van der Waals surface area contributed by atoms with Gasteiger partial charge in [0.1, 0.15) is 0 Å². The van der Waals surface area contributed by atoms with E-state index in [2.05, 4.69) is 4.74 Å². The Hall–Kier alpha value is -0.650. The molecule has 0 aromatic carbocycles. The number of ketones is 1. The molecule has 0 aliphatic carbocycles. The van der Waals surface area contributed by atoms with Gasteiger partial charge in [-0.1, -0.05) is 0 Å². The fourth-order valence-corrected chi connectivity index (χ4v) is 0.878. The summed E-state index contributed by atoms with van der Waals surface area (Å²) in [5, 5.41) is 9.22. The monoisotopic (exact) mass is 209 g/mol. The number of hydrogen-bond donors (Lipinski definition) is 2. The highest BCUT2D eigenvalue weighted by Crippen LogP contribution is 2.06. The summed E-state index contributed by atoms with van der Waals surface area (Å²) in [5.74, 6) is -1.97. The van der Waals surface area contributed by atoms with Gasteiger partial charge in [-0.3, -0.25) is 15.3 Å². The highest BCUT2D eigenvalue weighted by atomic mass is 35.5. The molecule has 6 heteroatoms. The van der Waals surface area contributed by atoms with Crippen molar-refractivity contribution in [3.05, 3.63) is 0 Å². The molecule has 0 unspecified atom stereocenters. The molecule has 5 nitrogen and oxygen atoms in total. The van der Waals surface area contributed by atoms with E-state index in [-0.39, 0.29) is 6.61 Å². The zero-order chi connectivity index (χ0) is 10.5. The van der Waals surface area contributed by atoms with E-state index in [1.165, 1.54) is 0 Å². The summed E-state index contributed by atoms with van der Waals surface area (Å²) >= 11 is 5.16. The maximum atomic E-state index is 10.9. The summed E-state index contributed by atoms with van der Waals surface area (Å²) in [5.41, 5.74) is 2.91. The van der Waals surface area contributed by atoms with Gasteiger partial charge < -0.3 is 9.84 Å². The highest BCUT2D eigenvalue weighted by Gasteiger charge is 2.33. The third kappa shape index (κ3) is 4.21. The number of aliphatic hydroxyl groups is 1. The number of ether oxygens (including phenoxy) is 1. The average molecular weight is 210 g/mol. The molecule has 76 valence electrons. The van der Waals surface area contributed by atoms with Gasteiger partial charge in [0.25, 0.3) is 0 Å². The Morgan fingerprint density at radius 2 is 2.15 bits per heavy atom. The molecule has 0 radical (unpaired) electrons. The van der Waals surface area contributed by atoms with Gasteiger partial charge in [-0.15, -0.1) is 11.6 Å². The topological polar surface area (TPSA) is 89.6 Å². The van der Waals surface area contributed by atoms with E-state index in [0.717, 1.165) is 0 Å². The third-order valence-corrected chi connectivity index (χ3v) is 1.57. The van der Waals surface area contributed by atoms with Gasteiger partial charge in [-0.05, 0) is 6.92 Å². The average Bonchev–Trinajstić information content (AvgIpc) is 2.02. The van der Waals surface area contributed by atoms with E-state index in [1.807, 2.05) is 0 Å². The van der Waals surface area contributed by atoms with E-state index in [1.54, 1.807) is 6.92 Å². The Bertz CT molecular complexity index is 205. The zero-order valence-electron chi connectivity index (χ0n) is 7.25. The van der Waals surface area contributed by atoms with Crippen molar-refractivity contribution in [3.63, 3.8) is 0 Å². The molecule has 0 saturated carbocycles. The van der Waals surface area contributed by atoms with Crippen molar-refractivity contribution in [2.75, 3.05) is 12.5 Å². The van der Waals surface area contributed by atoms with Crippen LogP contribution in [0.3, 0.4) is 0 Å². The first kappa shape index (κ1) is 12.3. The first-order chi connectivity index (χ1) is 5.94. The SMILES string of the molecule is CCOC(=O)C[C@](N)(O)C(=O)CCl. The minimum atomic E-state index is -2.21. The lowest BCUT2D eigenvalue weighted by atomic mass is 10.1. The highest BCUT2D eigenvalue weighted by molar-refractivity contribution is 6.28. The van der Waals surface area contributed by atoms with Crippen LogP contribution in [0.2, 0.25) is 0 Å². The number of Topliss-reactive ketones (excluding diaryl/α,β-unsaturated/α-hetero) is 1. The van der Waals surface area contributed by atoms with Crippen LogP contribution in [0, 0.1) is 0 Å². The first-order valence-electron chi connectivity index (χ1n) is 3.70. The summed E-state index contributed by atoms with van der Waals surface area (Å²) in [6.07, 6.45) is -0.577. The largest absolute Gasteiger partial charge is 0.466 e. The molecule has 1 atom stereocenters. The number of hydrogen-bond acceptors (Lipinski definition) is 5. The molecule has 0 rings (SSSR count). The van der Waals surface area contributed by atoms with Gasteiger partial charge >= 0.3 is 5.97 Å². The smallest absolute Gasteiger partial charge is 0.310 e. The maximum absolute atomic E-state index is 10.9. The van der Waals surface area contributed by atoms with Crippen molar-refractivity contribution in [1.29, 1.82) is 0 Å². The summed E-state index contributed by atoms with van der Waals surface area (Å²) in [4.78, 5) is 21.7. The number of carbonyl (C=O) groups excluding carboxylic acids is 2. The van der Waals surface area contributed by atoms with E-state index >= 15 is 0 Å². The van der Waals surface area contributed by atoms with E-state index in [0.29, 0.717) is 0 Å². The standard InChI is InChI=1S/C7H12ClNO4/c1-2-13-6(11)3-7(9,12)5(10)4-8/h12H,2-4,9H2,1H3/t7-/m0/s1. The van der Waals surface area contributed by atoms with Crippen LogP contribution >= 0.6 is 11.6 Å². The van der Waals surface area contributed by atoms with Crippen molar-refractivity contribution >= 4 is 23.4 Å². The van der Waals surface area contributed by atoms with Crippen LogP contribution in [0.5, 0.6) is 0 Å². The molecule has 0 fully saturated rings. The van der Waals surface area contributed by atoms with Gasteiger partial charge in [0, 0.05) is 0 Å². The molecule has 0 aromatic heterocycles. The van der Waals surface area contributed by atoms with Crippen LogP contribution in [0.4, 0.5) is 0 Å². The predicted octanol–water partition coefficient (Wildman–Crippen LogP) is -0.605. The van der Waals surface area contributed by atoms with Crippen LogP contribution in [0.15, 0.2) is 0 Å². The Kier molecular flexibility index (Phi) is 4.90. The molecular formula is C7H12ClNO4. The van der Waals surface area contributed by atoms with Crippen LogP contribution < -0.4 is 5.73 Å². The minimum absolute atomic E-state index is 0.171. The molecule has 0 bridgehead atoms. The van der Waals surface area contributed by atoms with Crippen LogP contribution in [-0.2, 0) is 14.3 Å². The predicted molar refractivity (Wildman–Crippen MR) is 46.1 cm³/mol. The quantitative estimate of drug-likeness (QED) is 0.358. The first-order valence-corrected chi connectivity index (χ1v) is 4.23. The lowest BCUT2D eigenvalue weighted by molar-refractivity contribution is -0.153. The second-order valence-electron chi connectivity index (χ2n) is 2.46. The Morgan fingerprint density at radius 3 is 2.54 bits per heavy atom. The molecule has 0 saturated heterocycles. The number of alkyl halides is 1. The van der Waals surface area contributed by atoms with Crippen molar-refractivity contribution in [2.24, 2.45) is 5.73 Å². The molecule has 0 heterocycles. The number of nitrogens with two attached hydrogens (primary N) is 1. The third-order valence-electron chi connectivity index (χ3n) is 1.32. The van der Waals surface area contributed by atoms with Crippen LogP contribution in [0.1, 0.15) is 13.3 Å². The second kappa shape index (κ2) is 5.16. The lowest BCUT2D eigenvalue weighted by Gasteiger charge is -2.18. The van der Waals surface area contributed by atoms with Gasteiger partial charge in [-0.2, -0.15) is 0 Å².